The number of aromatic nitrogens is 1. The maximum Gasteiger partial charge on any atom is 0.267 e. The lowest BCUT2D eigenvalue weighted by atomic mass is 10.1. The third-order valence-corrected chi connectivity index (χ3v) is 4.87. The molecule has 0 saturated carbocycles. The highest BCUT2D eigenvalue weighted by molar-refractivity contribution is 7.14. The lowest BCUT2D eigenvalue weighted by molar-refractivity contribution is 0.102. The van der Waals surface area contributed by atoms with Crippen molar-refractivity contribution >= 4 is 22.9 Å². The van der Waals surface area contributed by atoms with Crippen LogP contribution in [0.4, 0.5) is 10.1 Å². The molecule has 1 heterocycles. The van der Waals surface area contributed by atoms with Crippen LogP contribution in [0.5, 0.6) is 5.75 Å². The van der Waals surface area contributed by atoms with E-state index in [0.29, 0.717) is 22.7 Å². The Morgan fingerprint density at radius 2 is 1.92 bits per heavy atom. The smallest absolute Gasteiger partial charge is 0.267 e. The fourth-order valence-electron chi connectivity index (χ4n) is 2.44. The van der Waals surface area contributed by atoms with Gasteiger partial charge in [0.15, 0.2) is 0 Å². The minimum absolute atomic E-state index is 0.0297. The molecule has 0 aliphatic rings. The van der Waals surface area contributed by atoms with E-state index >= 15 is 0 Å². The molecule has 0 fully saturated rings. The molecule has 0 saturated heterocycles. The number of hydrogen-bond acceptors (Lipinski definition) is 4. The second-order valence-electron chi connectivity index (χ2n) is 5.80. The van der Waals surface area contributed by atoms with Crippen LogP contribution in [-0.2, 0) is 6.42 Å². The van der Waals surface area contributed by atoms with E-state index < -0.39 is 0 Å². The van der Waals surface area contributed by atoms with Crippen molar-refractivity contribution in [2.45, 2.75) is 20.3 Å². The molecule has 2 aromatic carbocycles. The van der Waals surface area contributed by atoms with Gasteiger partial charge in [0.2, 0.25) is 0 Å². The van der Waals surface area contributed by atoms with Crippen LogP contribution in [0.1, 0.15) is 31.5 Å². The maximum atomic E-state index is 13.0. The molecule has 0 aliphatic heterocycles. The summed E-state index contributed by atoms with van der Waals surface area (Å²) in [5.74, 6) is -0.557. The van der Waals surface area contributed by atoms with Crippen LogP contribution in [0, 0.1) is 19.7 Å². The number of aryl methyl sites for hydroxylation is 2. The monoisotopic (exact) mass is 356 g/mol. The van der Waals surface area contributed by atoms with Gasteiger partial charge in [-0.15, -0.1) is 11.3 Å². The Labute approximate surface area is 149 Å². The molecule has 4 nitrogen and oxygen atoms in total. The fourth-order valence-corrected chi connectivity index (χ4v) is 3.44. The topological polar surface area (TPSA) is 62.2 Å². The zero-order valence-corrected chi connectivity index (χ0v) is 14.7. The van der Waals surface area contributed by atoms with Gasteiger partial charge in [-0.3, -0.25) is 4.79 Å². The number of rotatable bonds is 4. The second-order valence-corrected chi connectivity index (χ2v) is 6.88. The van der Waals surface area contributed by atoms with Gasteiger partial charge in [-0.1, -0.05) is 18.2 Å². The zero-order valence-electron chi connectivity index (χ0n) is 13.8. The summed E-state index contributed by atoms with van der Waals surface area (Å²) in [6.07, 6.45) is 0.537. The van der Waals surface area contributed by atoms with Crippen molar-refractivity contribution in [2.24, 2.45) is 0 Å². The first-order chi connectivity index (χ1) is 11.9. The largest absolute Gasteiger partial charge is 0.506 e. The third-order valence-electron chi connectivity index (χ3n) is 3.72. The molecule has 0 unspecified atom stereocenters. The Bertz CT molecular complexity index is 920. The molecule has 0 aliphatic carbocycles. The molecule has 0 spiro atoms. The van der Waals surface area contributed by atoms with E-state index in [-0.39, 0.29) is 17.5 Å². The number of benzene rings is 2. The van der Waals surface area contributed by atoms with Gasteiger partial charge in [-0.25, -0.2) is 9.37 Å². The molecule has 1 aromatic heterocycles. The van der Waals surface area contributed by atoms with Gasteiger partial charge >= 0.3 is 0 Å². The van der Waals surface area contributed by atoms with Crippen LogP contribution in [0.3, 0.4) is 0 Å². The molecule has 3 rings (SSSR count). The highest BCUT2D eigenvalue weighted by Crippen LogP contribution is 2.27. The number of thiazole rings is 1. The minimum Gasteiger partial charge on any atom is -0.506 e. The van der Waals surface area contributed by atoms with Gasteiger partial charge in [-0.05, 0) is 49.2 Å². The average molecular weight is 356 g/mol. The number of nitrogens with zero attached hydrogens (tertiary/aromatic N) is 1. The predicted molar refractivity (Wildman–Crippen MR) is 96.9 cm³/mol. The van der Waals surface area contributed by atoms with Crippen LogP contribution >= 0.6 is 11.3 Å². The number of carbonyl (C=O) groups excluding carboxylic acids is 1. The zero-order chi connectivity index (χ0) is 18.0. The van der Waals surface area contributed by atoms with E-state index in [0.717, 1.165) is 16.1 Å². The molecule has 0 radical (unpaired) electrons. The number of halogens is 1. The van der Waals surface area contributed by atoms with Gasteiger partial charge in [0.05, 0.1) is 16.4 Å². The number of hydrogen-bond donors (Lipinski definition) is 2. The molecular formula is C19H17FN2O2S. The van der Waals surface area contributed by atoms with E-state index in [9.17, 15) is 14.3 Å². The van der Waals surface area contributed by atoms with Crippen LogP contribution in [0.2, 0.25) is 0 Å². The fraction of sp³-hybridized carbons (Fsp3) is 0.158. The van der Waals surface area contributed by atoms with Crippen molar-refractivity contribution in [2.75, 3.05) is 5.32 Å². The summed E-state index contributed by atoms with van der Waals surface area (Å²) in [4.78, 5) is 17.4. The van der Waals surface area contributed by atoms with E-state index in [2.05, 4.69) is 10.3 Å². The quantitative estimate of drug-likeness (QED) is 0.679. The van der Waals surface area contributed by atoms with Crippen LogP contribution in [-0.4, -0.2) is 16.0 Å². The first-order valence-corrected chi connectivity index (χ1v) is 8.56. The maximum absolute atomic E-state index is 13.0. The normalized spacial score (nSPS) is 10.7. The Balaban J connectivity index is 1.77. The molecule has 25 heavy (non-hydrogen) atoms. The first-order valence-electron chi connectivity index (χ1n) is 7.74. The molecule has 0 bridgehead atoms. The Morgan fingerprint density at radius 3 is 2.60 bits per heavy atom. The van der Waals surface area contributed by atoms with Gasteiger partial charge in [0.25, 0.3) is 5.91 Å². The SMILES string of the molecule is Cc1ccc(NC(=O)c2sc(Cc3ccc(F)cc3)nc2C)c(O)c1. The van der Waals surface area contributed by atoms with Crippen molar-refractivity contribution in [3.8, 4) is 5.75 Å². The third kappa shape index (κ3) is 4.03. The van der Waals surface area contributed by atoms with Crippen LogP contribution in [0.15, 0.2) is 42.5 Å². The summed E-state index contributed by atoms with van der Waals surface area (Å²) in [6.45, 7) is 3.63. The molecule has 1 amide bonds. The van der Waals surface area contributed by atoms with Crippen molar-refractivity contribution in [1.82, 2.24) is 4.98 Å². The standard InChI is InChI=1S/C19H17FN2O2S/c1-11-3-8-15(16(23)9-11)22-19(24)18-12(2)21-17(25-18)10-13-4-6-14(20)7-5-13/h3-9,23H,10H2,1-2H3,(H,22,24). The summed E-state index contributed by atoms with van der Waals surface area (Å²) in [5.41, 5.74) is 2.83. The molecule has 6 heteroatoms. The number of nitrogens with one attached hydrogen (secondary N) is 1. The number of amides is 1. The Hall–Kier alpha value is -2.73. The number of aromatic hydroxyl groups is 1. The van der Waals surface area contributed by atoms with E-state index in [1.165, 1.54) is 23.5 Å². The van der Waals surface area contributed by atoms with Gasteiger partial charge < -0.3 is 10.4 Å². The minimum atomic E-state index is -0.306. The summed E-state index contributed by atoms with van der Waals surface area (Å²) >= 11 is 1.30. The Kier molecular flexibility index (Phi) is 4.81. The first kappa shape index (κ1) is 17.1. The van der Waals surface area contributed by atoms with Crippen LogP contribution in [0.25, 0.3) is 0 Å². The molecule has 0 atom stereocenters. The van der Waals surface area contributed by atoms with E-state index in [1.54, 1.807) is 31.2 Å². The molecule has 3 aromatic rings. The van der Waals surface area contributed by atoms with Crippen LogP contribution < -0.4 is 5.32 Å². The summed E-state index contributed by atoms with van der Waals surface area (Å²) in [5, 5.41) is 13.4. The lowest BCUT2D eigenvalue weighted by Gasteiger charge is -2.07. The summed E-state index contributed by atoms with van der Waals surface area (Å²) < 4.78 is 13.0. The summed E-state index contributed by atoms with van der Waals surface area (Å²) in [7, 11) is 0. The van der Waals surface area contributed by atoms with Crippen molar-refractivity contribution in [3.63, 3.8) is 0 Å². The van der Waals surface area contributed by atoms with E-state index in [1.807, 2.05) is 13.0 Å². The highest BCUT2D eigenvalue weighted by Gasteiger charge is 2.17. The van der Waals surface area contributed by atoms with Gasteiger partial charge in [0, 0.05) is 6.42 Å². The number of phenolic OH excluding ortho intramolecular Hbond substituents is 1. The van der Waals surface area contributed by atoms with Crippen molar-refractivity contribution in [1.29, 1.82) is 0 Å². The number of carbonyl (C=O) groups is 1. The average Bonchev–Trinajstić information content (AvgIpc) is 2.93. The van der Waals surface area contributed by atoms with Gasteiger partial charge in [0.1, 0.15) is 16.4 Å². The lowest BCUT2D eigenvalue weighted by Crippen LogP contribution is -2.11. The molecular weight excluding hydrogens is 339 g/mol. The van der Waals surface area contributed by atoms with Crippen molar-refractivity contribution < 1.29 is 14.3 Å². The van der Waals surface area contributed by atoms with E-state index in [4.69, 9.17) is 0 Å². The molecule has 2 N–H and O–H groups in total. The second kappa shape index (κ2) is 7.03. The van der Waals surface area contributed by atoms with Crippen molar-refractivity contribution in [3.05, 3.63) is 75.0 Å². The van der Waals surface area contributed by atoms with Gasteiger partial charge in [-0.2, -0.15) is 0 Å². The number of phenols is 1. The summed E-state index contributed by atoms with van der Waals surface area (Å²) in [6, 6.07) is 11.3. The predicted octanol–water partition coefficient (Wildman–Crippen LogP) is 4.45. The Morgan fingerprint density at radius 1 is 1.20 bits per heavy atom. The molecule has 128 valence electrons. The highest BCUT2D eigenvalue weighted by atomic mass is 32.1. The number of anilines is 1.